The molecule has 5 heteroatoms. The zero-order valence-corrected chi connectivity index (χ0v) is 27.9. The molecule has 236 valence electrons. The Morgan fingerprint density at radius 3 is 2.34 bits per heavy atom. The molecule has 0 aromatic heterocycles. The van der Waals surface area contributed by atoms with Crippen molar-refractivity contribution >= 4 is 17.4 Å². The zero-order chi connectivity index (χ0) is 32.6. The number of carbonyl (C=O) groups excluding carboxylic acids is 1. The van der Waals surface area contributed by atoms with Gasteiger partial charge in [-0.05, 0) is 97.7 Å². The van der Waals surface area contributed by atoms with Gasteiger partial charge in [0.25, 0.3) is 0 Å². The van der Waals surface area contributed by atoms with Gasteiger partial charge in [0.2, 0.25) is 0 Å². The van der Waals surface area contributed by atoms with Crippen molar-refractivity contribution in [2.24, 2.45) is 0 Å². The average molecular weight is 600 g/mol. The van der Waals surface area contributed by atoms with Crippen LogP contribution in [0.2, 0.25) is 0 Å². The van der Waals surface area contributed by atoms with Crippen LogP contribution in [0.25, 0.3) is 22.8 Å². The number of alkyl halides is 1. The predicted molar refractivity (Wildman–Crippen MR) is 182 cm³/mol. The minimum atomic E-state index is -0.551. The lowest BCUT2D eigenvalue weighted by Crippen LogP contribution is -2.26. The number of ketones is 1. The van der Waals surface area contributed by atoms with Gasteiger partial charge in [-0.2, -0.15) is 5.26 Å². The van der Waals surface area contributed by atoms with E-state index >= 15 is 0 Å². The summed E-state index contributed by atoms with van der Waals surface area (Å²) in [5.74, 6) is 0.711. The maximum atomic E-state index is 12.1. The fourth-order valence-corrected chi connectivity index (χ4v) is 5.14. The summed E-state index contributed by atoms with van der Waals surface area (Å²) in [5.41, 5.74) is 8.97. The van der Waals surface area contributed by atoms with Crippen molar-refractivity contribution < 1.29 is 18.7 Å². The van der Waals surface area contributed by atoms with Gasteiger partial charge in [0, 0.05) is 18.4 Å². The van der Waals surface area contributed by atoms with Crippen molar-refractivity contribution in [3.63, 3.8) is 0 Å². The smallest absolute Gasteiger partial charge is 0.159 e. The average Bonchev–Trinajstić information content (AvgIpc) is 3.04. The molecule has 1 atom stereocenters. The molecule has 44 heavy (non-hydrogen) atoms. The molecule has 4 nitrogen and oxygen atoms in total. The number of hydrogen-bond donors (Lipinski definition) is 0. The van der Waals surface area contributed by atoms with E-state index in [2.05, 4.69) is 38.1 Å². The standard InChI is InChI=1S/C31H31NO3.C6H13F.C2H6/c1-20(29-10-8-25(23(4)33)17-21(29)2)16-24-6-5-7-30(22(24)3)26-9-11-31(27(18-26)19-32)35-28-12-14-34-15-13-28;1-3-5-6(7)4-2;1-2/h5-11,16-18,28H,12-15H2,1-4H3;6H,3-5H2,1-2H3;1-2H3/b20-16+;;. The summed E-state index contributed by atoms with van der Waals surface area (Å²) in [7, 11) is 0. The van der Waals surface area contributed by atoms with Crippen LogP contribution in [0.3, 0.4) is 0 Å². The van der Waals surface area contributed by atoms with E-state index in [0.717, 1.165) is 70.2 Å². The molecule has 0 radical (unpaired) electrons. The third-order valence-corrected chi connectivity index (χ3v) is 7.72. The van der Waals surface area contributed by atoms with Gasteiger partial charge in [0.15, 0.2) is 5.78 Å². The highest BCUT2D eigenvalue weighted by atomic mass is 19.1. The molecular weight excluding hydrogens is 549 g/mol. The number of rotatable bonds is 9. The fraction of sp³-hybridized carbons (Fsp3) is 0.436. The second kappa shape index (κ2) is 18.8. The molecule has 1 unspecified atom stereocenters. The van der Waals surface area contributed by atoms with Crippen LogP contribution in [0.5, 0.6) is 5.75 Å². The summed E-state index contributed by atoms with van der Waals surface area (Å²) in [5, 5.41) is 9.78. The quantitative estimate of drug-likeness (QED) is 0.181. The largest absolute Gasteiger partial charge is 0.489 e. The molecule has 0 amide bonds. The first-order valence-electron chi connectivity index (χ1n) is 16.0. The molecule has 0 N–H and O–H groups in total. The van der Waals surface area contributed by atoms with E-state index in [1.165, 1.54) is 0 Å². The summed E-state index contributed by atoms with van der Waals surface area (Å²) >= 11 is 0. The van der Waals surface area contributed by atoms with Gasteiger partial charge in [-0.3, -0.25) is 4.79 Å². The maximum absolute atomic E-state index is 12.1. The van der Waals surface area contributed by atoms with E-state index in [4.69, 9.17) is 9.47 Å². The third kappa shape index (κ3) is 10.5. The number of ether oxygens (including phenoxy) is 2. The van der Waals surface area contributed by atoms with E-state index in [-0.39, 0.29) is 11.9 Å². The van der Waals surface area contributed by atoms with Crippen molar-refractivity contribution in [2.45, 2.75) is 99.8 Å². The monoisotopic (exact) mass is 599 g/mol. The Balaban J connectivity index is 0.000000661. The first-order valence-corrected chi connectivity index (χ1v) is 16.0. The van der Waals surface area contributed by atoms with Crippen LogP contribution < -0.4 is 4.74 Å². The summed E-state index contributed by atoms with van der Waals surface area (Å²) < 4.78 is 23.7. The van der Waals surface area contributed by atoms with Crippen molar-refractivity contribution in [2.75, 3.05) is 13.2 Å². The predicted octanol–water partition coefficient (Wildman–Crippen LogP) is 10.7. The summed E-state index contributed by atoms with van der Waals surface area (Å²) in [6, 6.07) is 20.3. The lowest BCUT2D eigenvalue weighted by Gasteiger charge is -2.24. The Morgan fingerprint density at radius 1 is 1.07 bits per heavy atom. The lowest BCUT2D eigenvalue weighted by molar-refractivity contribution is 0.0254. The van der Waals surface area contributed by atoms with Crippen molar-refractivity contribution in [3.8, 4) is 22.9 Å². The SMILES string of the molecule is CC.CC(=O)c1ccc(/C(C)=C/c2cccc(-c3ccc(OC4CCOCC4)c(C#N)c3)c2C)c(C)c1.CCCC(F)CC. The molecule has 1 aliphatic rings. The fourth-order valence-electron chi connectivity index (χ4n) is 5.14. The number of allylic oxidation sites excluding steroid dienone is 1. The molecule has 0 spiro atoms. The van der Waals surface area contributed by atoms with Crippen LogP contribution in [0.4, 0.5) is 4.39 Å². The van der Waals surface area contributed by atoms with Crippen molar-refractivity contribution in [1.82, 2.24) is 0 Å². The van der Waals surface area contributed by atoms with Gasteiger partial charge in [0.05, 0.1) is 24.9 Å². The maximum Gasteiger partial charge on any atom is 0.159 e. The van der Waals surface area contributed by atoms with Crippen LogP contribution in [0.15, 0.2) is 54.6 Å². The first-order chi connectivity index (χ1) is 21.2. The van der Waals surface area contributed by atoms with Gasteiger partial charge >= 0.3 is 0 Å². The highest BCUT2D eigenvalue weighted by Gasteiger charge is 2.18. The number of aryl methyl sites for hydroxylation is 1. The molecule has 0 aliphatic carbocycles. The third-order valence-electron chi connectivity index (χ3n) is 7.72. The molecule has 0 bridgehead atoms. The molecular formula is C39H50FNO3. The summed E-state index contributed by atoms with van der Waals surface area (Å²) in [6.07, 6.45) is 5.78. The van der Waals surface area contributed by atoms with E-state index in [9.17, 15) is 14.4 Å². The van der Waals surface area contributed by atoms with Crippen LogP contribution in [-0.2, 0) is 4.74 Å². The number of halogens is 1. The molecule has 4 rings (SSSR count). The van der Waals surface area contributed by atoms with Crippen molar-refractivity contribution in [3.05, 3.63) is 88.0 Å². The molecule has 3 aromatic rings. The van der Waals surface area contributed by atoms with Crippen LogP contribution in [0, 0.1) is 25.2 Å². The number of benzene rings is 3. The summed E-state index contributed by atoms with van der Waals surface area (Å²) in [4.78, 5) is 11.7. The number of Topliss-reactive ketones (excluding diaryl/α,β-unsaturated/α-hetero) is 1. The number of nitrogens with zero attached hydrogens (tertiary/aromatic N) is 1. The Kier molecular flexibility index (Phi) is 15.6. The zero-order valence-electron chi connectivity index (χ0n) is 27.9. The Bertz CT molecular complexity index is 1430. The second-order valence-corrected chi connectivity index (χ2v) is 11.0. The van der Waals surface area contributed by atoms with Gasteiger partial charge in [-0.25, -0.2) is 4.39 Å². The van der Waals surface area contributed by atoms with Crippen LogP contribution >= 0.6 is 0 Å². The van der Waals surface area contributed by atoms with E-state index in [1.807, 2.05) is 77.1 Å². The van der Waals surface area contributed by atoms with E-state index in [1.54, 1.807) is 6.92 Å². The number of hydrogen-bond acceptors (Lipinski definition) is 4. The molecule has 1 fully saturated rings. The summed E-state index contributed by atoms with van der Waals surface area (Å²) in [6.45, 7) is 17.1. The number of nitriles is 1. The Hall–Kier alpha value is -3.75. The minimum absolute atomic E-state index is 0.0748. The highest BCUT2D eigenvalue weighted by Crippen LogP contribution is 2.33. The molecule has 3 aromatic carbocycles. The Morgan fingerprint density at radius 2 is 1.77 bits per heavy atom. The number of carbonyl (C=O) groups is 1. The minimum Gasteiger partial charge on any atom is -0.489 e. The highest BCUT2D eigenvalue weighted by molar-refractivity contribution is 5.95. The topological polar surface area (TPSA) is 59.3 Å². The first kappa shape index (κ1) is 36.4. The molecule has 1 aliphatic heterocycles. The van der Waals surface area contributed by atoms with Gasteiger partial charge in [-0.1, -0.05) is 76.6 Å². The molecule has 1 heterocycles. The van der Waals surface area contributed by atoms with Gasteiger partial charge < -0.3 is 9.47 Å². The van der Waals surface area contributed by atoms with E-state index < -0.39 is 6.17 Å². The Labute approximate surface area is 264 Å². The second-order valence-electron chi connectivity index (χ2n) is 11.0. The molecule has 0 saturated carbocycles. The normalized spacial score (nSPS) is 13.9. The van der Waals surface area contributed by atoms with Gasteiger partial charge in [-0.15, -0.1) is 0 Å². The van der Waals surface area contributed by atoms with Crippen molar-refractivity contribution in [1.29, 1.82) is 5.26 Å². The van der Waals surface area contributed by atoms with Gasteiger partial charge in [0.1, 0.15) is 17.9 Å². The van der Waals surface area contributed by atoms with E-state index in [0.29, 0.717) is 30.9 Å². The lowest BCUT2D eigenvalue weighted by atomic mass is 9.92. The van der Waals surface area contributed by atoms with Crippen LogP contribution in [-0.4, -0.2) is 31.3 Å². The molecule has 1 saturated heterocycles. The van der Waals surface area contributed by atoms with Crippen LogP contribution in [0.1, 0.15) is 112 Å².